The molecule has 2 atom stereocenters. The van der Waals surface area contributed by atoms with E-state index in [0.29, 0.717) is 17.2 Å². The van der Waals surface area contributed by atoms with Gasteiger partial charge in [-0.05, 0) is 30.9 Å². The van der Waals surface area contributed by atoms with Crippen LogP contribution in [0.2, 0.25) is 0 Å². The maximum absolute atomic E-state index is 12.4. The summed E-state index contributed by atoms with van der Waals surface area (Å²) in [4.78, 5) is 12.4. The minimum absolute atomic E-state index is 0.0424. The van der Waals surface area contributed by atoms with Crippen molar-refractivity contribution in [1.29, 1.82) is 10.5 Å². The summed E-state index contributed by atoms with van der Waals surface area (Å²) in [6.07, 6.45) is 5.86. The highest BCUT2D eigenvalue weighted by Gasteiger charge is 2.24. The molecule has 1 aliphatic rings. The summed E-state index contributed by atoms with van der Waals surface area (Å²) in [5.74, 6) is 0.547. The number of nitriles is 2. The Hall–Kier alpha value is -2.79. The van der Waals surface area contributed by atoms with Crippen molar-refractivity contribution in [2.24, 2.45) is 5.92 Å². The molecule has 0 spiro atoms. The van der Waals surface area contributed by atoms with E-state index >= 15 is 0 Å². The first-order valence-corrected chi connectivity index (χ1v) is 8.17. The highest BCUT2D eigenvalue weighted by Crippen LogP contribution is 2.25. The lowest BCUT2D eigenvalue weighted by atomic mass is 9.86. The van der Waals surface area contributed by atoms with Crippen molar-refractivity contribution >= 4 is 12.0 Å². The monoisotopic (exact) mass is 323 g/mol. The normalized spacial score (nSPS) is 20.5. The van der Waals surface area contributed by atoms with Crippen LogP contribution in [0.1, 0.15) is 38.2 Å². The molecular formula is C19H21N3O2. The van der Waals surface area contributed by atoms with E-state index in [-0.39, 0.29) is 24.1 Å². The number of carbonyl (C=O) groups excluding carboxylic acids is 1. The van der Waals surface area contributed by atoms with Crippen LogP contribution in [0.4, 0.5) is 0 Å². The van der Waals surface area contributed by atoms with Gasteiger partial charge in [-0.2, -0.15) is 10.5 Å². The van der Waals surface area contributed by atoms with Crippen molar-refractivity contribution in [3.8, 4) is 17.9 Å². The molecule has 0 bridgehead atoms. The van der Waals surface area contributed by atoms with Gasteiger partial charge in [-0.1, -0.05) is 38.0 Å². The van der Waals surface area contributed by atoms with Crippen molar-refractivity contribution in [1.82, 2.24) is 5.32 Å². The molecular weight excluding hydrogens is 302 g/mol. The first-order chi connectivity index (χ1) is 11.7. The molecule has 0 aliphatic heterocycles. The summed E-state index contributed by atoms with van der Waals surface area (Å²) in [5, 5.41) is 21.0. The van der Waals surface area contributed by atoms with Gasteiger partial charge in [0.1, 0.15) is 23.5 Å². The maximum Gasteiger partial charge on any atom is 0.262 e. The number of hydrogen-bond acceptors (Lipinski definition) is 4. The van der Waals surface area contributed by atoms with E-state index in [1.165, 1.54) is 12.5 Å². The van der Waals surface area contributed by atoms with Gasteiger partial charge in [0.05, 0.1) is 0 Å². The highest BCUT2D eigenvalue weighted by molar-refractivity contribution is 6.02. The standard InChI is InChI=1S/C19H21N3O2/c1-14-6-2-4-8-17(14)22-19(23)16(13-21)12-15-7-3-5-9-18(15)24-11-10-20/h3,5,7,9,12,14,17H,2,4,6,8,11H2,1H3,(H,22,23)/b16-12+/t14-,17+/m0/s1. The maximum atomic E-state index is 12.4. The number of rotatable bonds is 5. The lowest BCUT2D eigenvalue weighted by Crippen LogP contribution is -2.41. The average Bonchev–Trinajstić information content (AvgIpc) is 2.60. The van der Waals surface area contributed by atoms with E-state index < -0.39 is 0 Å². The Balaban J connectivity index is 2.15. The van der Waals surface area contributed by atoms with Crippen molar-refractivity contribution in [3.63, 3.8) is 0 Å². The number of carbonyl (C=O) groups is 1. The second-order valence-corrected chi connectivity index (χ2v) is 6.00. The molecule has 0 aromatic heterocycles. The Kier molecular flexibility index (Phi) is 6.40. The predicted molar refractivity (Wildman–Crippen MR) is 90.7 cm³/mol. The molecule has 2 rings (SSSR count). The van der Waals surface area contributed by atoms with Crippen molar-refractivity contribution in [2.75, 3.05) is 6.61 Å². The molecule has 1 saturated carbocycles. The molecule has 5 heteroatoms. The van der Waals surface area contributed by atoms with Gasteiger partial charge >= 0.3 is 0 Å². The van der Waals surface area contributed by atoms with Gasteiger partial charge in [0, 0.05) is 11.6 Å². The molecule has 24 heavy (non-hydrogen) atoms. The van der Waals surface area contributed by atoms with Crippen molar-refractivity contribution in [2.45, 2.75) is 38.6 Å². The van der Waals surface area contributed by atoms with E-state index in [4.69, 9.17) is 10.00 Å². The van der Waals surface area contributed by atoms with Crippen LogP contribution < -0.4 is 10.1 Å². The summed E-state index contributed by atoms with van der Waals surface area (Å²) in [6.45, 7) is 2.05. The van der Waals surface area contributed by atoms with Gasteiger partial charge in [0.15, 0.2) is 6.61 Å². The topological polar surface area (TPSA) is 85.9 Å². The molecule has 1 aromatic carbocycles. The van der Waals surface area contributed by atoms with E-state index in [2.05, 4.69) is 12.2 Å². The summed E-state index contributed by atoms with van der Waals surface area (Å²) in [6, 6.07) is 11.0. The minimum atomic E-state index is -0.355. The average molecular weight is 323 g/mol. The fourth-order valence-corrected chi connectivity index (χ4v) is 2.92. The van der Waals surface area contributed by atoms with Gasteiger partial charge in [0.25, 0.3) is 5.91 Å². The van der Waals surface area contributed by atoms with E-state index in [0.717, 1.165) is 19.3 Å². The predicted octanol–water partition coefficient (Wildman–Crippen LogP) is 3.19. The third-order valence-electron chi connectivity index (χ3n) is 4.30. The third kappa shape index (κ3) is 4.60. The van der Waals surface area contributed by atoms with E-state index in [1.54, 1.807) is 24.3 Å². The quantitative estimate of drug-likeness (QED) is 0.666. The SMILES string of the molecule is C[C@H]1CCCC[C@H]1NC(=O)/C(C#N)=C/c1ccccc1OCC#N. The highest BCUT2D eigenvalue weighted by atomic mass is 16.5. The Labute approximate surface area is 142 Å². The number of hydrogen-bond donors (Lipinski definition) is 1. The van der Waals surface area contributed by atoms with Crippen LogP contribution >= 0.6 is 0 Å². The summed E-state index contributed by atoms with van der Waals surface area (Å²) in [5.41, 5.74) is 0.650. The fourth-order valence-electron chi connectivity index (χ4n) is 2.92. The molecule has 124 valence electrons. The first kappa shape index (κ1) is 17.6. The Morgan fingerprint density at radius 3 is 2.79 bits per heavy atom. The second kappa shape index (κ2) is 8.74. The summed E-state index contributed by atoms with van der Waals surface area (Å²) < 4.78 is 5.33. The number of para-hydroxylation sites is 1. The molecule has 1 aromatic rings. The van der Waals surface area contributed by atoms with Gasteiger partial charge in [-0.25, -0.2) is 0 Å². The minimum Gasteiger partial charge on any atom is -0.478 e. The number of nitrogens with one attached hydrogen (secondary N) is 1. The zero-order chi connectivity index (χ0) is 17.4. The van der Waals surface area contributed by atoms with Gasteiger partial charge in [0.2, 0.25) is 0 Å². The molecule has 5 nitrogen and oxygen atoms in total. The van der Waals surface area contributed by atoms with Crippen molar-refractivity contribution in [3.05, 3.63) is 35.4 Å². The zero-order valence-corrected chi connectivity index (χ0v) is 13.8. The van der Waals surface area contributed by atoms with E-state index in [9.17, 15) is 10.1 Å². The van der Waals surface area contributed by atoms with Crippen LogP contribution in [-0.2, 0) is 4.79 Å². The molecule has 1 aliphatic carbocycles. The fraction of sp³-hybridized carbons (Fsp3) is 0.421. The van der Waals surface area contributed by atoms with Gasteiger partial charge < -0.3 is 10.1 Å². The lowest BCUT2D eigenvalue weighted by Gasteiger charge is -2.29. The first-order valence-electron chi connectivity index (χ1n) is 8.17. The molecule has 0 saturated heterocycles. The largest absolute Gasteiger partial charge is 0.478 e. The van der Waals surface area contributed by atoms with Crippen LogP contribution in [0.15, 0.2) is 29.8 Å². The molecule has 0 unspecified atom stereocenters. The smallest absolute Gasteiger partial charge is 0.262 e. The molecule has 1 N–H and O–H groups in total. The number of amides is 1. The van der Waals surface area contributed by atoms with Crippen LogP contribution in [0, 0.1) is 28.6 Å². The molecule has 1 amide bonds. The van der Waals surface area contributed by atoms with Crippen LogP contribution in [0.25, 0.3) is 6.08 Å². The third-order valence-corrected chi connectivity index (χ3v) is 4.30. The van der Waals surface area contributed by atoms with Crippen LogP contribution in [0.3, 0.4) is 0 Å². The lowest BCUT2D eigenvalue weighted by molar-refractivity contribution is -0.118. The Bertz CT molecular complexity index is 697. The summed E-state index contributed by atoms with van der Waals surface area (Å²) in [7, 11) is 0. The molecule has 0 radical (unpaired) electrons. The molecule has 0 heterocycles. The van der Waals surface area contributed by atoms with Crippen molar-refractivity contribution < 1.29 is 9.53 Å². The second-order valence-electron chi connectivity index (χ2n) is 6.00. The Morgan fingerprint density at radius 2 is 2.08 bits per heavy atom. The van der Waals surface area contributed by atoms with Gasteiger partial charge in [-0.3, -0.25) is 4.79 Å². The number of ether oxygens (including phenoxy) is 1. The molecule has 1 fully saturated rings. The van der Waals surface area contributed by atoms with Crippen LogP contribution in [0.5, 0.6) is 5.75 Å². The summed E-state index contributed by atoms with van der Waals surface area (Å²) >= 11 is 0. The number of nitrogens with zero attached hydrogens (tertiary/aromatic N) is 2. The Morgan fingerprint density at radius 1 is 1.33 bits per heavy atom. The van der Waals surface area contributed by atoms with Crippen LogP contribution in [-0.4, -0.2) is 18.6 Å². The van der Waals surface area contributed by atoms with E-state index in [1.807, 2.05) is 12.1 Å². The van der Waals surface area contributed by atoms with Gasteiger partial charge in [-0.15, -0.1) is 0 Å². The number of benzene rings is 1. The zero-order valence-electron chi connectivity index (χ0n) is 13.8.